The molecule has 0 heterocycles. The van der Waals surface area contributed by atoms with Crippen LogP contribution >= 0.6 is 11.6 Å². The van der Waals surface area contributed by atoms with E-state index < -0.39 is 0 Å². The van der Waals surface area contributed by atoms with Gasteiger partial charge in [0.05, 0.1) is 0 Å². The minimum atomic E-state index is 0.547. The number of nitrogens with one attached hydrogen (secondary N) is 1. The van der Waals surface area contributed by atoms with E-state index in [0.29, 0.717) is 12.6 Å². The van der Waals surface area contributed by atoms with Gasteiger partial charge in [-0.25, -0.2) is 0 Å². The van der Waals surface area contributed by atoms with Gasteiger partial charge < -0.3 is 10.1 Å². The lowest BCUT2D eigenvalue weighted by atomic mass is 10.2. The molecule has 2 aromatic carbocycles. The fraction of sp³-hybridized carbons (Fsp3) is 0.333. The summed E-state index contributed by atoms with van der Waals surface area (Å²) in [5.41, 5.74) is 2.39. The van der Waals surface area contributed by atoms with Crippen LogP contribution in [0.5, 0.6) is 5.75 Å². The predicted molar refractivity (Wildman–Crippen MR) is 88.8 cm³/mol. The molecule has 0 fully saturated rings. The van der Waals surface area contributed by atoms with Crippen LogP contribution in [0.15, 0.2) is 48.5 Å². The monoisotopic (exact) mass is 303 g/mol. The minimum absolute atomic E-state index is 0.547. The summed E-state index contributed by atoms with van der Waals surface area (Å²) in [6.45, 7) is 5.84. The third-order valence-electron chi connectivity index (χ3n) is 3.51. The van der Waals surface area contributed by atoms with Crippen LogP contribution in [0.4, 0.5) is 0 Å². The molecule has 0 aliphatic heterocycles. The fourth-order valence-electron chi connectivity index (χ4n) is 1.89. The van der Waals surface area contributed by atoms with Crippen molar-refractivity contribution in [2.75, 3.05) is 0 Å². The normalized spacial score (nSPS) is 12.1. The molecule has 0 radical (unpaired) electrons. The number of benzene rings is 2. The molecule has 21 heavy (non-hydrogen) atoms. The highest BCUT2D eigenvalue weighted by Crippen LogP contribution is 2.15. The molecular weight excluding hydrogens is 282 g/mol. The van der Waals surface area contributed by atoms with Gasteiger partial charge in [-0.05, 0) is 48.7 Å². The molecule has 112 valence electrons. The van der Waals surface area contributed by atoms with Crippen LogP contribution in [0.2, 0.25) is 5.02 Å². The summed E-state index contributed by atoms with van der Waals surface area (Å²) in [5.74, 6) is 0.886. The molecule has 0 saturated carbocycles. The second-order valence-corrected chi connectivity index (χ2v) is 5.69. The lowest BCUT2D eigenvalue weighted by molar-refractivity contribution is 0.306. The smallest absolute Gasteiger partial charge is 0.119 e. The van der Waals surface area contributed by atoms with E-state index in [9.17, 15) is 0 Å². The Morgan fingerprint density at radius 2 is 1.62 bits per heavy atom. The van der Waals surface area contributed by atoms with Gasteiger partial charge in [-0.2, -0.15) is 0 Å². The molecule has 2 nitrogen and oxygen atoms in total. The van der Waals surface area contributed by atoms with Crippen molar-refractivity contribution in [3.63, 3.8) is 0 Å². The average Bonchev–Trinajstić information content (AvgIpc) is 2.53. The van der Waals surface area contributed by atoms with Crippen LogP contribution < -0.4 is 10.1 Å². The molecule has 0 aliphatic carbocycles. The van der Waals surface area contributed by atoms with E-state index in [4.69, 9.17) is 16.3 Å². The van der Waals surface area contributed by atoms with E-state index in [0.717, 1.165) is 29.3 Å². The van der Waals surface area contributed by atoms with Crippen molar-refractivity contribution < 1.29 is 4.74 Å². The van der Waals surface area contributed by atoms with Crippen LogP contribution in [0.25, 0.3) is 0 Å². The van der Waals surface area contributed by atoms with Crippen molar-refractivity contribution in [2.24, 2.45) is 0 Å². The fourth-order valence-corrected chi connectivity index (χ4v) is 2.01. The molecule has 0 aromatic heterocycles. The van der Waals surface area contributed by atoms with Crippen molar-refractivity contribution in [2.45, 2.75) is 39.5 Å². The van der Waals surface area contributed by atoms with Crippen LogP contribution in [0.1, 0.15) is 31.4 Å². The first-order valence-corrected chi connectivity index (χ1v) is 7.74. The highest BCUT2D eigenvalue weighted by atomic mass is 35.5. The van der Waals surface area contributed by atoms with Crippen LogP contribution in [-0.2, 0) is 13.2 Å². The summed E-state index contributed by atoms with van der Waals surface area (Å²) >= 11 is 5.86. The number of rotatable bonds is 7. The molecule has 0 unspecified atom stereocenters. The molecule has 1 atom stereocenters. The quantitative estimate of drug-likeness (QED) is 0.793. The molecule has 0 spiro atoms. The van der Waals surface area contributed by atoms with E-state index >= 15 is 0 Å². The summed E-state index contributed by atoms with van der Waals surface area (Å²) < 4.78 is 5.77. The van der Waals surface area contributed by atoms with Gasteiger partial charge in [0.15, 0.2) is 0 Å². The molecule has 0 aliphatic rings. The Balaban J connectivity index is 1.83. The van der Waals surface area contributed by atoms with E-state index in [1.54, 1.807) is 0 Å². The van der Waals surface area contributed by atoms with E-state index in [1.807, 2.05) is 36.4 Å². The van der Waals surface area contributed by atoms with E-state index in [1.165, 1.54) is 5.56 Å². The zero-order valence-electron chi connectivity index (χ0n) is 12.6. The molecule has 0 bridgehead atoms. The van der Waals surface area contributed by atoms with Gasteiger partial charge in [-0.3, -0.25) is 0 Å². The van der Waals surface area contributed by atoms with Gasteiger partial charge in [0, 0.05) is 17.6 Å². The van der Waals surface area contributed by atoms with Gasteiger partial charge in [0.25, 0.3) is 0 Å². The van der Waals surface area contributed by atoms with Crippen molar-refractivity contribution in [3.05, 3.63) is 64.7 Å². The Kier molecular flexibility index (Phi) is 6.09. The maximum absolute atomic E-state index is 5.86. The van der Waals surface area contributed by atoms with Crippen molar-refractivity contribution in [1.82, 2.24) is 5.32 Å². The van der Waals surface area contributed by atoms with Crippen LogP contribution in [0, 0.1) is 0 Å². The molecule has 0 saturated heterocycles. The number of ether oxygens (including phenoxy) is 1. The number of hydrogen-bond acceptors (Lipinski definition) is 2. The van der Waals surface area contributed by atoms with Crippen LogP contribution in [0.3, 0.4) is 0 Å². The van der Waals surface area contributed by atoms with Crippen LogP contribution in [-0.4, -0.2) is 6.04 Å². The lowest BCUT2D eigenvalue weighted by Gasteiger charge is -2.12. The van der Waals surface area contributed by atoms with Gasteiger partial charge in [-0.1, -0.05) is 42.8 Å². The predicted octanol–water partition coefficient (Wildman–Crippen LogP) is 4.81. The third-order valence-corrected chi connectivity index (χ3v) is 3.76. The summed E-state index contributed by atoms with van der Waals surface area (Å²) in [7, 11) is 0. The van der Waals surface area contributed by atoms with E-state index in [-0.39, 0.29) is 0 Å². The Labute approximate surface area is 132 Å². The Bertz CT molecular complexity index is 536. The van der Waals surface area contributed by atoms with Gasteiger partial charge in [0.2, 0.25) is 0 Å². The molecule has 0 amide bonds. The van der Waals surface area contributed by atoms with Crippen molar-refractivity contribution in [3.8, 4) is 5.75 Å². The zero-order valence-corrected chi connectivity index (χ0v) is 13.4. The summed E-state index contributed by atoms with van der Waals surface area (Å²) in [5, 5.41) is 4.22. The summed E-state index contributed by atoms with van der Waals surface area (Å²) in [6.07, 6.45) is 1.14. The highest BCUT2D eigenvalue weighted by Gasteiger charge is 2.00. The highest BCUT2D eigenvalue weighted by molar-refractivity contribution is 6.30. The SMILES string of the molecule is CC[C@H](C)NCc1ccc(OCc2ccc(Cl)cc2)cc1. The first-order valence-electron chi connectivity index (χ1n) is 7.37. The number of halogens is 1. The standard InChI is InChI=1S/C18H22ClNO/c1-3-14(2)20-12-15-6-10-18(11-7-15)21-13-16-4-8-17(19)9-5-16/h4-11,14,20H,3,12-13H2,1-2H3/t14-/m0/s1. The number of hydrogen-bond donors (Lipinski definition) is 1. The minimum Gasteiger partial charge on any atom is -0.489 e. The zero-order chi connectivity index (χ0) is 15.1. The van der Waals surface area contributed by atoms with Crippen molar-refractivity contribution >= 4 is 11.6 Å². The lowest BCUT2D eigenvalue weighted by Crippen LogP contribution is -2.24. The molecular formula is C18H22ClNO. The average molecular weight is 304 g/mol. The summed E-state index contributed by atoms with van der Waals surface area (Å²) in [4.78, 5) is 0. The second kappa shape index (κ2) is 8.06. The Morgan fingerprint density at radius 1 is 1.00 bits per heavy atom. The molecule has 2 rings (SSSR count). The Morgan fingerprint density at radius 3 is 2.24 bits per heavy atom. The van der Waals surface area contributed by atoms with Gasteiger partial charge in [-0.15, -0.1) is 0 Å². The molecule has 1 N–H and O–H groups in total. The molecule has 3 heteroatoms. The van der Waals surface area contributed by atoms with Gasteiger partial charge >= 0.3 is 0 Å². The second-order valence-electron chi connectivity index (χ2n) is 5.25. The third kappa shape index (κ3) is 5.41. The maximum atomic E-state index is 5.86. The van der Waals surface area contributed by atoms with Gasteiger partial charge in [0.1, 0.15) is 12.4 Å². The van der Waals surface area contributed by atoms with Crippen molar-refractivity contribution in [1.29, 1.82) is 0 Å². The molecule has 2 aromatic rings. The van der Waals surface area contributed by atoms with E-state index in [2.05, 4.69) is 31.3 Å². The largest absolute Gasteiger partial charge is 0.489 e. The maximum Gasteiger partial charge on any atom is 0.119 e. The first-order chi connectivity index (χ1) is 10.2. The topological polar surface area (TPSA) is 21.3 Å². The Hall–Kier alpha value is -1.51. The summed E-state index contributed by atoms with van der Waals surface area (Å²) in [6, 6.07) is 16.5. The first kappa shape index (κ1) is 15.9.